The zero-order valence-corrected chi connectivity index (χ0v) is 16.7. The molecule has 0 unspecified atom stereocenters. The molecule has 0 aromatic heterocycles. The number of carbonyl (C=O) groups excluding carboxylic acids is 1. The second-order valence-corrected chi connectivity index (χ2v) is 8.99. The molecule has 1 aliphatic heterocycles. The Bertz CT molecular complexity index is 790. The zero-order chi connectivity index (χ0) is 18.8. The highest BCUT2D eigenvalue weighted by Crippen LogP contribution is 2.24. The van der Waals surface area contributed by atoms with Crippen LogP contribution in [0.5, 0.6) is 0 Å². The first-order chi connectivity index (χ1) is 12.5. The Labute approximate surface area is 162 Å². The van der Waals surface area contributed by atoms with Gasteiger partial charge in [0, 0.05) is 4.47 Å². The minimum absolute atomic E-state index is 0.233. The Morgan fingerprint density at radius 3 is 2.38 bits per heavy atom. The number of hydrogen-bond donors (Lipinski definition) is 1. The highest BCUT2D eigenvalue weighted by molar-refractivity contribution is 9.10. The maximum Gasteiger partial charge on any atom is 0.293 e. The first kappa shape index (κ1) is 20.6. The first-order valence-electron chi connectivity index (χ1n) is 8.33. The molecule has 1 aliphatic rings. The average Bonchev–Trinajstić information content (AvgIpc) is 2.68. The van der Waals surface area contributed by atoms with Gasteiger partial charge in [0.1, 0.15) is 6.61 Å². The van der Waals surface area contributed by atoms with Crippen molar-refractivity contribution in [2.24, 2.45) is 0 Å². The number of nitrogens with one attached hydrogen (secondary N) is 1. The molecular weight excluding hydrogens is 418 g/mol. The number of ether oxygens (including phenoxy) is 1. The fourth-order valence-electron chi connectivity index (χ4n) is 2.65. The van der Waals surface area contributed by atoms with Crippen LogP contribution in [0.25, 0.3) is 0 Å². The molecule has 26 heavy (non-hydrogen) atoms. The van der Waals surface area contributed by atoms with Crippen molar-refractivity contribution in [3.05, 3.63) is 64.6 Å². The van der Waals surface area contributed by atoms with Crippen LogP contribution in [0, 0.1) is 0 Å². The standard InChI is InChI=1S/C11H14BrNO2S.C8H8O2/c12-9-2-1-3-11(8-9)16(14,15)10-4-6-13-7-5-10;9-7-10-6-8-4-2-1-3-5-8/h1-3,8,10,13H,4-7H2;1-5,7H,6H2. The van der Waals surface area contributed by atoms with E-state index in [0.717, 1.165) is 23.1 Å². The summed E-state index contributed by atoms with van der Waals surface area (Å²) in [7, 11) is -3.15. The minimum atomic E-state index is -3.15. The van der Waals surface area contributed by atoms with E-state index >= 15 is 0 Å². The molecule has 2 aromatic carbocycles. The summed E-state index contributed by atoms with van der Waals surface area (Å²) in [6, 6.07) is 16.5. The summed E-state index contributed by atoms with van der Waals surface area (Å²) >= 11 is 3.30. The summed E-state index contributed by atoms with van der Waals surface area (Å²) in [5, 5.41) is 2.94. The lowest BCUT2D eigenvalue weighted by Gasteiger charge is -2.22. The van der Waals surface area contributed by atoms with Gasteiger partial charge < -0.3 is 10.1 Å². The quantitative estimate of drug-likeness (QED) is 0.723. The van der Waals surface area contributed by atoms with E-state index < -0.39 is 9.84 Å². The number of piperidine rings is 1. The second kappa shape index (κ2) is 10.4. The molecule has 2 aromatic rings. The molecule has 0 bridgehead atoms. The Hall–Kier alpha value is -1.70. The fraction of sp³-hybridized carbons (Fsp3) is 0.316. The van der Waals surface area contributed by atoms with Gasteiger partial charge in [-0.25, -0.2) is 8.42 Å². The monoisotopic (exact) mass is 439 g/mol. The van der Waals surface area contributed by atoms with Gasteiger partial charge in [-0.05, 0) is 49.7 Å². The Morgan fingerprint density at radius 2 is 1.77 bits per heavy atom. The third-order valence-corrected chi connectivity index (χ3v) is 6.76. The number of sulfone groups is 1. The van der Waals surface area contributed by atoms with Crippen molar-refractivity contribution >= 4 is 32.2 Å². The van der Waals surface area contributed by atoms with E-state index in [4.69, 9.17) is 0 Å². The molecule has 0 spiro atoms. The molecule has 7 heteroatoms. The van der Waals surface area contributed by atoms with E-state index in [-0.39, 0.29) is 5.25 Å². The predicted octanol–water partition coefficient (Wildman–Crippen LogP) is 3.33. The van der Waals surface area contributed by atoms with Crippen LogP contribution in [0.3, 0.4) is 0 Å². The second-order valence-electron chi connectivity index (χ2n) is 5.84. The van der Waals surface area contributed by atoms with Gasteiger partial charge in [-0.15, -0.1) is 0 Å². The van der Waals surface area contributed by atoms with Crippen LogP contribution in [0.4, 0.5) is 0 Å². The molecule has 0 amide bonds. The summed E-state index contributed by atoms with van der Waals surface area (Å²) < 4.78 is 29.9. The van der Waals surface area contributed by atoms with E-state index in [1.54, 1.807) is 18.2 Å². The van der Waals surface area contributed by atoms with Crippen molar-refractivity contribution < 1.29 is 17.9 Å². The van der Waals surface area contributed by atoms with Crippen molar-refractivity contribution in [1.82, 2.24) is 5.32 Å². The first-order valence-corrected chi connectivity index (χ1v) is 10.7. The molecular formula is C19H22BrNO4S. The van der Waals surface area contributed by atoms with Gasteiger partial charge in [-0.1, -0.05) is 52.3 Å². The normalized spacial score (nSPS) is 14.8. The number of halogens is 1. The molecule has 1 heterocycles. The number of benzene rings is 2. The Morgan fingerprint density at radius 1 is 1.08 bits per heavy atom. The molecule has 1 fully saturated rings. The summed E-state index contributed by atoms with van der Waals surface area (Å²) in [5.74, 6) is 0. The summed E-state index contributed by atoms with van der Waals surface area (Å²) in [4.78, 5) is 10.2. The SMILES string of the molecule is O=COCc1ccccc1.O=S(=O)(c1cccc(Br)c1)C1CCNCC1. The third-order valence-electron chi connectivity index (χ3n) is 4.01. The molecule has 0 radical (unpaired) electrons. The van der Waals surface area contributed by atoms with Crippen molar-refractivity contribution in [3.8, 4) is 0 Å². The van der Waals surface area contributed by atoms with E-state index in [0.29, 0.717) is 30.8 Å². The summed E-state index contributed by atoms with van der Waals surface area (Å²) in [6.07, 6.45) is 1.41. The number of carbonyl (C=O) groups is 1. The largest absolute Gasteiger partial charge is 0.463 e. The third kappa shape index (κ3) is 6.23. The minimum Gasteiger partial charge on any atom is -0.463 e. The van der Waals surface area contributed by atoms with Crippen LogP contribution < -0.4 is 5.32 Å². The van der Waals surface area contributed by atoms with E-state index in [1.807, 2.05) is 36.4 Å². The lowest BCUT2D eigenvalue weighted by Crippen LogP contribution is -2.35. The molecule has 1 N–H and O–H groups in total. The maximum absolute atomic E-state index is 12.3. The van der Waals surface area contributed by atoms with Gasteiger partial charge in [0.05, 0.1) is 10.1 Å². The Balaban J connectivity index is 0.000000209. The average molecular weight is 440 g/mol. The van der Waals surface area contributed by atoms with Crippen molar-refractivity contribution in [2.75, 3.05) is 13.1 Å². The topological polar surface area (TPSA) is 72.5 Å². The summed E-state index contributed by atoms with van der Waals surface area (Å²) in [6.45, 7) is 2.40. The number of rotatable bonds is 5. The highest BCUT2D eigenvalue weighted by atomic mass is 79.9. The van der Waals surface area contributed by atoms with Crippen LogP contribution >= 0.6 is 15.9 Å². The lowest BCUT2D eigenvalue weighted by molar-refractivity contribution is -0.129. The smallest absolute Gasteiger partial charge is 0.293 e. The lowest BCUT2D eigenvalue weighted by atomic mass is 10.2. The highest BCUT2D eigenvalue weighted by Gasteiger charge is 2.28. The van der Waals surface area contributed by atoms with Gasteiger partial charge >= 0.3 is 0 Å². The van der Waals surface area contributed by atoms with E-state index in [2.05, 4.69) is 26.0 Å². The molecule has 0 saturated carbocycles. The maximum atomic E-state index is 12.3. The van der Waals surface area contributed by atoms with Gasteiger partial charge in [0.15, 0.2) is 9.84 Å². The molecule has 5 nitrogen and oxygen atoms in total. The van der Waals surface area contributed by atoms with Crippen LogP contribution in [0.15, 0.2) is 64.0 Å². The van der Waals surface area contributed by atoms with Gasteiger partial charge in [0.2, 0.25) is 0 Å². The summed E-state index contributed by atoms with van der Waals surface area (Å²) in [5.41, 5.74) is 1.01. The van der Waals surface area contributed by atoms with Crippen LogP contribution in [-0.4, -0.2) is 33.2 Å². The number of hydrogen-bond acceptors (Lipinski definition) is 5. The van der Waals surface area contributed by atoms with Crippen molar-refractivity contribution in [3.63, 3.8) is 0 Å². The van der Waals surface area contributed by atoms with E-state index in [9.17, 15) is 13.2 Å². The van der Waals surface area contributed by atoms with Gasteiger partial charge in [0.25, 0.3) is 6.47 Å². The predicted molar refractivity (Wildman–Crippen MR) is 105 cm³/mol. The molecule has 3 rings (SSSR count). The molecule has 1 saturated heterocycles. The van der Waals surface area contributed by atoms with Crippen molar-refractivity contribution in [2.45, 2.75) is 29.6 Å². The van der Waals surface area contributed by atoms with Crippen molar-refractivity contribution in [1.29, 1.82) is 0 Å². The van der Waals surface area contributed by atoms with Crippen LogP contribution in [-0.2, 0) is 26.0 Å². The fourth-order valence-corrected chi connectivity index (χ4v) is 5.00. The van der Waals surface area contributed by atoms with Gasteiger partial charge in [-0.3, -0.25) is 4.79 Å². The molecule has 0 aliphatic carbocycles. The molecule has 0 atom stereocenters. The van der Waals surface area contributed by atoms with Crippen LogP contribution in [0.2, 0.25) is 0 Å². The molecule has 140 valence electrons. The van der Waals surface area contributed by atoms with Crippen LogP contribution in [0.1, 0.15) is 18.4 Å². The van der Waals surface area contributed by atoms with E-state index in [1.165, 1.54) is 0 Å². The Kier molecular flexibility index (Phi) is 8.28. The zero-order valence-electron chi connectivity index (χ0n) is 14.3. The van der Waals surface area contributed by atoms with Gasteiger partial charge in [-0.2, -0.15) is 0 Å².